The van der Waals surface area contributed by atoms with E-state index in [-0.39, 0.29) is 5.91 Å². The monoisotopic (exact) mass is 475 g/mol. The van der Waals surface area contributed by atoms with Gasteiger partial charge in [-0.1, -0.05) is 12.6 Å². The number of ether oxygens (including phenoxy) is 2. The van der Waals surface area contributed by atoms with E-state index in [9.17, 15) is 4.79 Å². The van der Waals surface area contributed by atoms with Crippen LogP contribution in [0.3, 0.4) is 0 Å². The average Bonchev–Trinajstić information content (AvgIpc) is 3.07. The third-order valence-electron chi connectivity index (χ3n) is 7.80. The standard InChI is InChI=1S/C27H33N5O3/c1-2-26(33)32-16-21(17-32)31-9-3-4-20(15-31)19-5-6-25-23(14-19)29-27-22(18-35-25)24(7-8-28-27)30-10-12-34-13-11-30/h2,5-8,14,20-21H,1,3-4,9-13,15-18H2,(H,28,29)/t20-/m0/s1. The summed E-state index contributed by atoms with van der Waals surface area (Å²) in [5, 5.41) is 3.58. The van der Waals surface area contributed by atoms with Crippen LogP contribution in [-0.2, 0) is 16.1 Å². The number of piperidine rings is 1. The molecule has 0 bridgehead atoms. The third-order valence-corrected chi connectivity index (χ3v) is 7.80. The van der Waals surface area contributed by atoms with Gasteiger partial charge in [0.15, 0.2) is 0 Å². The predicted molar refractivity (Wildman–Crippen MR) is 135 cm³/mol. The second-order valence-corrected chi connectivity index (χ2v) is 9.86. The first-order valence-corrected chi connectivity index (χ1v) is 12.7. The highest BCUT2D eigenvalue weighted by Crippen LogP contribution is 2.40. The van der Waals surface area contributed by atoms with Gasteiger partial charge in [0.2, 0.25) is 5.91 Å². The van der Waals surface area contributed by atoms with Crippen LogP contribution in [0.15, 0.2) is 43.1 Å². The number of hydrogen-bond acceptors (Lipinski definition) is 7. The van der Waals surface area contributed by atoms with Gasteiger partial charge in [-0.15, -0.1) is 0 Å². The van der Waals surface area contributed by atoms with Crippen molar-refractivity contribution in [2.75, 3.05) is 62.7 Å². The summed E-state index contributed by atoms with van der Waals surface area (Å²) in [6.45, 7) is 11.1. The number of amides is 1. The first-order chi connectivity index (χ1) is 17.2. The first kappa shape index (κ1) is 22.4. The number of anilines is 3. The zero-order valence-electron chi connectivity index (χ0n) is 20.1. The van der Waals surface area contributed by atoms with E-state index in [1.165, 1.54) is 30.2 Å². The summed E-state index contributed by atoms with van der Waals surface area (Å²) in [7, 11) is 0. The molecular formula is C27H33N5O3. The van der Waals surface area contributed by atoms with Crippen molar-refractivity contribution in [3.63, 3.8) is 0 Å². The number of carbonyl (C=O) groups excluding carboxylic acids is 1. The number of aromatic nitrogens is 1. The number of likely N-dealkylation sites (tertiary alicyclic amines) is 2. The van der Waals surface area contributed by atoms with Crippen LogP contribution in [0, 0.1) is 0 Å². The Morgan fingerprint density at radius 3 is 2.83 bits per heavy atom. The van der Waals surface area contributed by atoms with Gasteiger partial charge in [0.1, 0.15) is 18.2 Å². The van der Waals surface area contributed by atoms with Gasteiger partial charge in [-0.05, 0) is 55.1 Å². The van der Waals surface area contributed by atoms with Gasteiger partial charge in [-0.25, -0.2) is 4.98 Å². The topological polar surface area (TPSA) is 70.2 Å². The van der Waals surface area contributed by atoms with Crippen LogP contribution in [0.2, 0.25) is 0 Å². The Morgan fingerprint density at radius 1 is 1.14 bits per heavy atom. The fourth-order valence-corrected chi connectivity index (χ4v) is 5.74. The minimum atomic E-state index is 0.0392. The molecule has 3 fully saturated rings. The molecule has 0 radical (unpaired) electrons. The molecule has 3 saturated heterocycles. The van der Waals surface area contributed by atoms with Crippen molar-refractivity contribution in [2.24, 2.45) is 0 Å². The Balaban J connectivity index is 1.18. The zero-order valence-corrected chi connectivity index (χ0v) is 20.1. The molecule has 0 aliphatic carbocycles. The highest BCUT2D eigenvalue weighted by Gasteiger charge is 2.36. The summed E-state index contributed by atoms with van der Waals surface area (Å²) in [5.41, 5.74) is 4.58. The lowest BCUT2D eigenvalue weighted by molar-refractivity contribution is -0.133. The Labute approximate surface area is 206 Å². The number of fused-ring (bicyclic) bond motifs is 2. The first-order valence-electron chi connectivity index (χ1n) is 12.7. The van der Waals surface area contributed by atoms with Gasteiger partial charge in [0.25, 0.3) is 0 Å². The van der Waals surface area contributed by atoms with Crippen molar-refractivity contribution in [1.29, 1.82) is 0 Å². The summed E-state index contributed by atoms with van der Waals surface area (Å²) < 4.78 is 11.8. The van der Waals surface area contributed by atoms with Crippen molar-refractivity contribution in [1.82, 2.24) is 14.8 Å². The predicted octanol–water partition coefficient (Wildman–Crippen LogP) is 3.13. The number of morpholine rings is 1. The third kappa shape index (κ3) is 4.36. The normalized spacial score (nSPS) is 22.7. The number of nitrogens with one attached hydrogen (secondary N) is 1. The Morgan fingerprint density at radius 2 is 2.00 bits per heavy atom. The molecule has 1 atom stereocenters. The van der Waals surface area contributed by atoms with Gasteiger partial charge < -0.3 is 24.6 Å². The molecule has 35 heavy (non-hydrogen) atoms. The summed E-state index contributed by atoms with van der Waals surface area (Å²) >= 11 is 0. The van der Waals surface area contributed by atoms with Crippen LogP contribution >= 0.6 is 0 Å². The van der Waals surface area contributed by atoms with Crippen LogP contribution in [0.4, 0.5) is 17.2 Å². The molecule has 1 aromatic carbocycles. The van der Waals surface area contributed by atoms with Crippen molar-refractivity contribution < 1.29 is 14.3 Å². The van der Waals surface area contributed by atoms with Crippen molar-refractivity contribution in [3.05, 3.63) is 54.2 Å². The van der Waals surface area contributed by atoms with E-state index >= 15 is 0 Å². The van der Waals surface area contributed by atoms with Gasteiger partial charge in [0, 0.05) is 50.6 Å². The number of nitrogens with zero attached hydrogens (tertiary/aromatic N) is 4. The number of rotatable bonds is 4. The van der Waals surface area contributed by atoms with Crippen LogP contribution in [0.25, 0.3) is 0 Å². The molecule has 6 rings (SSSR count). The molecule has 4 aliphatic rings. The molecule has 1 N–H and O–H groups in total. The van der Waals surface area contributed by atoms with Gasteiger partial charge in [-0.3, -0.25) is 9.69 Å². The number of benzene rings is 1. The van der Waals surface area contributed by atoms with Crippen LogP contribution in [0.1, 0.15) is 29.9 Å². The van der Waals surface area contributed by atoms with E-state index < -0.39 is 0 Å². The van der Waals surface area contributed by atoms with Gasteiger partial charge >= 0.3 is 0 Å². The largest absolute Gasteiger partial charge is 0.487 e. The number of pyridine rings is 1. The average molecular weight is 476 g/mol. The fourth-order valence-electron chi connectivity index (χ4n) is 5.74. The Bertz CT molecular complexity index is 1110. The smallest absolute Gasteiger partial charge is 0.246 e. The van der Waals surface area contributed by atoms with E-state index in [0.717, 1.165) is 75.3 Å². The molecule has 184 valence electrons. The van der Waals surface area contributed by atoms with E-state index in [4.69, 9.17) is 9.47 Å². The highest BCUT2D eigenvalue weighted by molar-refractivity contribution is 5.87. The molecule has 0 unspecified atom stereocenters. The second-order valence-electron chi connectivity index (χ2n) is 9.86. The van der Waals surface area contributed by atoms with Crippen molar-refractivity contribution in [3.8, 4) is 5.75 Å². The molecule has 2 aromatic rings. The fraction of sp³-hybridized carbons (Fsp3) is 0.481. The Hall–Kier alpha value is -3.10. The number of carbonyl (C=O) groups is 1. The quantitative estimate of drug-likeness (QED) is 0.682. The molecule has 8 nitrogen and oxygen atoms in total. The van der Waals surface area contributed by atoms with Crippen molar-refractivity contribution in [2.45, 2.75) is 31.4 Å². The maximum atomic E-state index is 11.8. The lowest BCUT2D eigenvalue weighted by atomic mass is 9.88. The lowest BCUT2D eigenvalue weighted by Gasteiger charge is -2.47. The van der Waals surface area contributed by atoms with E-state index in [2.05, 4.69) is 50.9 Å². The molecule has 0 saturated carbocycles. The highest BCUT2D eigenvalue weighted by atomic mass is 16.5. The van der Waals surface area contributed by atoms with Crippen LogP contribution in [-0.4, -0.2) is 79.2 Å². The molecule has 8 heteroatoms. The van der Waals surface area contributed by atoms with Crippen LogP contribution in [0.5, 0.6) is 5.75 Å². The van der Waals surface area contributed by atoms with E-state index in [1.54, 1.807) is 0 Å². The molecule has 1 amide bonds. The maximum absolute atomic E-state index is 11.8. The molecular weight excluding hydrogens is 442 g/mol. The minimum absolute atomic E-state index is 0.0392. The maximum Gasteiger partial charge on any atom is 0.246 e. The van der Waals surface area contributed by atoms with E-state index in [0.29, 0.717) is 18.6 Å². The molecule has 5 heterocycles. The molecule has 4 aliphatic heterocycles. The van der Waals surface area contributed by atoms with Crippen LogP contribution < -0.4 is 15.0 Å². The SMILES string of the molecule is C=CC(=O)N1CC(N2CCC[C@H](c3ccc4c(c3)Nc3nccc(N5CCOCC5)c3CO4)C2)C1. The number of hydrogen-bond donors (Lipinski definition) is 1. The van der Waals surface area contributed by atoms with Gasteiger partial charge in [-0.2, -0.15) is 0 Å². The second kappa shape index (κ2) is 9.51. The lowest BCUT2D eigenvalue weighted by Crippen LogP contribution is -2.62. The van der Waals surface area contributed by atoms with E-state index in [1.807, 2.05) is 11.1 Å². The minimum Gasteiger partial charge on any atom is -0.487 e. The Kier molecular flexibility index (Phi) is 6.08. The molecule has 0 spiro atoms. The zero-order chi connectivity index (χ0) is 23.8. The van der Waals surface area contributed by atoms with Crippen molar-refractivity contribution >= 4 is 23.1 Å². The summed E-state index contributed by atoms with van der Waals surface area (Å²) in [4.78, 5) is 23.3. The van der Waals surface area contributed by atoms with Gasteiger partial charge in [0.05, 0.1) is 24.5 Å². The summed E-state index contributed by atoms with van der Waals surface area (Å²) in [6, 6.07) is 9.10. The summed E-state index contributed by atoms with van der Waals surface area (Å²) in [5.74, 6) is 2.24. The summed E-state index contributed by atoms with van der Waals surface area (Å²) in [6.07, 6.45) is 5.64. The molecule has 1 aromatic heterocycles.